The van der Waals surface area contributed by atoms with E-state index in [0.29, 0.717) is 16.1 Å². The Morgan fingerprint density at radius 1 is 1.42 bits per heavy atom. The third kappa shape index (κ3) is 2.30. The molecule has 1 aliphatic rings. The zero-order valence-electron chi connectivity index (χ0n) is 10.8. The van der Waals surface area contributed by atoms with Crippen molar-refractivity contribution in [1.29, 1.82) is 0 Å². The molecule has 0 spiro atoms. The second-order valence-corrected chi connectivity index (χ2v) is 5.66. The number of halogens is 1. The SMILES string of the molecule is CCC1(Cn2nnnc2-c2ccc(N)c(Cl)c2)CC1. The van der Waals surface area contributed by atoms with Gasteiger partial charge in [-0.15, -0.1) is 5.10 Å². The number of hydrogen-bond donors (Lipinski definition) is 1. The predicted molar refractivity (Wildman–Crippen MR) is 74.6 cm³/mol. The molecule has 2 N–H and O–H groups in total. The van der Waals surface area contributed by atoms with Gasteiger partial charge in [-0.2, -0.15) is 0 Å². The first-order chi connectivity index (χ1) is 9.13. The van der Waals surface area contributed by atoms with Crippen LogP contribution in [0.5, 0.6) is 0 Å². The number of rotatable bonds is 4. The maximum absolute atomic E-state index is 6.05. The predicted octanol–water partition coefficient (Wildman–Crippen LogP) is 2.77. The Morgan fingerprint density at radius 3 is 2.84 bits per heavy atom. The minimum atomic E-state index is 0.391. The molecule has 6 heteroatoms. The lowest BCUT2D eigenvalue weighted by molar-refractivity contribution is 0.382. The summed E-state index contributed by atoms with van der Waals surface area (Å²) in [6, 6.07) is 5.49. The average Bonchev–Trinajstić information content (AvgIpc) is 3.03. The van der Waals surface area contributed by atoms with Crippen LogP contribution in [0.25, 0.3) is 11.4 Å². The fraction of sp³-hybridized carbons (Fsp3) is 0.462. The molecule has 0 amide bonds. The van der Waals surface area contributed by atoms with Crippen molar-refractivity contribution in [1.82, 2.24) is 20.2 Å². The fourth-order valence-corrected chi connectivity index (χ4v) is 2.48. The number of aromatic nitrogens is 4. The monoisotopic (exact) mass is 277 g/mol. The molecule has 1 saturated carbocycles. The van der Waals surface area contributed by atoms with E-state index in [1.54, 1.807) is 6.07 Å². The van der Waals surface area contributed by atoms with Gasteiger partial charge in [-0.1, -0.05) is 18.5 Å². The molecule has 0 atom stereocenters. The number of benzene rings is 1. The molecule has 2 aromatic rings. The first kappa shape index (κ1) is 12.4. The highest BCUT2D eigenvalue weighted by molar-refractivity contribution is 6.33. The van der Waals surface area contributed by atoms with E-state index in [0.717, 1.165) is 24.4 Å². The Balaban J connectivity index is 1.93. The van der Waals surface area contributed by atoms with Crippen molar-refractivity contribution in [3.8, 4) is 11.4 Å². The summed E-state index contributed by atoms with van der Waals surface area (Å²) >= 11 is 6.05. The van der Waals surface area contributed by atoms with Gasteiger partial charge in [0.05, 0.1) is 17.3 Å². The van der Waals surface area contributed by atoms with Crippen LogP contribution in [-0.4, -0.2) is 20.2 Å². The number of hydrogen-bond acceptors (Lipinski definition) is 4. The molecule has 19 heavy (non-hydrogen) atoms. The van der Waals surface area contributed by atoms with Gasteiger partial charge in [0.25, 0.3) is 0 Å². The van der Waals surface area contributed by atoms with E-state index in [1.807, 2.05) is 16.8 Å². The Morgan fingerprint density at radius 2 is 2.21 bits per heavy atom. The topological polar surface area (TPSA) is 69.6 Å². The summed E-state index contributed by atoms with van der Waals surface area (Å²) in [5.74, 6) is 0.752. The molecule has 3 rings (SSSR count). The van der Waals surface area contributed by atoms with E-state index >= 15 is 0 Å². The first-order valence-electron chi connectivity index (χ1n) is 6.45. The lowest BCUT2D eigenvalue weighted by Crippen LogP contribution is -2.13. The summed E-state index contributed by atoms with van der Waals surface area (Å²) in [6.45, 7) is 3.09. The summed E-state index contributed by atoms with van der Waals surface area (Å²) in [7, 11) is 0. The Hall–Kier alpha value is -1.62. The highest BCUT2D eigenvalue weighted by atomic mass is 35.5. The molecule has 1 aromatic heterocycles. The van der Waals surface area contributed by atoms with Gasteiger partial charge in [0, 0.05) is 5.56 Å². The van der Waals surface area contributed by atoms with Crippen LogP contribution in [0.4, 0.5) is 5.69 Å². The Labute approximate surface area is 116 Å². The summed E-state index contributed by atoms with van der Waals surface area (Å²) in [5.41, 5.74) is 7.58. The maximum atomic E-state index is 6.05. The van der Waals surface area contributed by atoms with Crippen LogP contribution in [0.15, 0.2) is 18.2 Å². The summed E-state index contributed by atoms with van der Waals surface area (Å²) in [4.78, 5) is 0. The molecular weight excluding hydrogens is 262 g/mol. The van der Waals surface area contributed by atoms with E-state index in [1.165, 1.54) is 12.8 Å². The summed E-state index contributed by atoms with van der Waals surface area (Å²) in [6.07, 6.45) is 3.67. The van der Waals surface area contributed by atoms with Crippen LogP contribution < -0.4 is 5.73 Å². The van der Waals surface area contributed by atoms with Gasteiger partial charge < -0.3 is 5.73 Å². The van der Waals surface area contributed by atoms with Crippen LogP contribution in [0.1, 0.15) is 26.2 Å². The van der Waals surface area contributed by atoms with Gasteiger partial charge in [0.15, 0.2) is 5.82 Å². The minimum absolute atomic E-state index is 0.391. The number of nitrogen functional groups attached to an aromatic ring is 1. The number of nitrogens with zero attached hydrogens (tertiary/aromatic N) is 4. The molecule has 100 valence electrons. The Bertz CT molecular complexity index is 603. The van der Waals surface area contributed by atoms with E-state index in [2.05, 4.69) is 22.4 Å². The molecule has 5 nitrogen and oxygen atoms in total. The van der Waals surface area contributed by atoms with Crippen LogP contribution in [0.2, 0.25) is 5.02 Å². The number of anilines is 1. The smallest absolute Gasteiger partial charge is 0.182 e. The first-order valence-corrected chi connectivity index (χ1v) is 6.83. The van der Waals surface area contributed by atoms with Crippen molar-refractivity contribution in [2.45, 2.75) is 32.7 Å². The summed E-state index contributed by atoms with van der Waals surface area (Å²) in [5, 5.41) is 12.5. The lowest BCUT2D eigenvalue weighted by Gasteiger charge is -2.13. The van der Waals surface area contributed by atoms with Crippen molar-refractivity contribution in [2.24, 2.45) is 5.41 Å². The molecule has 1 aliphatic carbocycles. The molecule has 0 bridgehead atoms. The second kappa shape index (κ2) is 4.49. The van der Waals surface area contributed by atoms with E-state index in [4.69, 9.17) is 17.3 Å². The van der Waals surface area contributed by atoms with Crippen molar-refractivity contribution in [2.75, 3.05) is 5.73 Å². The normalized spacial score (nSPS) is 16.5. The van der Waals surface area contributed by atoms with Gasteiger partial charge in [-0.25, -0.2) is 4.68 Å². The van der Waals surface area contributed by atoms with Gasteiger partial charge >= 0.3 is 0 Å². The minimum Gasteiger partial charge on any atom is -0.398 e. The number of tetrazole rings is 1. The largest absolute Gasteiger partial charge is 0.398 e. The van der Waals surface area contributed by atoms with Gasteiger partial charge in [0.2, 0.25) is 0 Å². The highest BCUT2D eigenvalue weighted by Crippen LogP contribution is 2.50. The third-order valence-corrected chi connectivity index (χ3v) is 4.31. The third-order valence-electron chi connectivity index (χ3n) is 3.98. The zero-order valence-corrected chi connectivity index (χ0v) is 11.6. The van der Waals surface area contributed by atoms with Crippen LogP contribution in [0.3, 0.4) is 0 Å². The van der Waals surface area contributed by atoms with E-state index in [-0.39, 0.29) is 0 Å². The molecule has 1 aromatic carbocycles. The highest BCUT2D eigenvalue weighted by Gasteiger charge is 2.41. The van der Waals surface area contributed by atoms with Gasteiger partial charge in [0.1, 0.15) is 0 Å². The average molecular weight is 278 g/mol. The molecule has 0 unspecified atom stereocenters. The molecule has 0 radical (unpaired) electrons. The van der Waals surface area contributed by atoms with Gasteiger partial charge in [-0.3, -0.25) is 0 Å². The zero-order chi connectivity index (χ0) is 13.5. The van der Waals surface area contributed by atoms with Crippen molar-refractivity contribution >= 4 is 17.3 Å². The molecule has 1 fully saturated rings. The van der Waals surface area contributed by atoms with Crippen LogP contribution in [0, 0.1) is 5.41 Å². The molecule has 0 saturated heterocycles. The second-order valence-electron chi connectivity index (χ2n) is 5.25. The van der Waals surface area contributed by atoms with Crippen molar-refractivity contribution in [3.63, 3.8) is 0 Å². The molecule has 1 heterocycles. The van der Waals surface area contributed by atoms with Gasteiger partial charge in [-0.05, 0) is 53.3 Å². The Kier molecular flexibility index (Phi) is 2.93. The summed E-state index contributed by atoms with van der Waals surface area (Å²) < 4.78 is 1.87. The van der Waals surface area contributed by atoms with E-state index < -0.39 is 0 Å². The fourth-order valence-electron chi connectivity index (χ4n) is 2.30. The van der Waals surface area contributed by atoms with Crippen LogP contribution >= 0.6 is 11.6 Å². The number of nitrogens with two attached hydrogens (primary N) is 1. The quantitative estimate of drug-likeness (QED) is 0.873. The van der Waals surface area contributed by atoms with Crippen molar-refractivity contribution in [3.05, 3.63) is 23.2 Å². The lowest BCUT2D eigenvalue weighted by atomic mass is 10.0. The van der Waals surface area contributed by atoms with Crippen molar-refractivity contribution < 1.29 is 0 Å². The molecule has 0 aliphatic heterocycles. The molecular formula is C13H16ClN5. The maximum Gasteiger partial charge on any atom is 0.182 e. The van der Waals surface area contributed by atoms with E-state index in [9.17, 15) is 0 Å². The van der Waals surface area contributed by atoms with Crippen LogP contribution in [-0.2, 0) is 6.54 Å². The standard InChI is InChI=1S/C13H16ClN5/c1-2-13(5-6-13)8-19-12(16-17-18-19)9-3-4-11(15)10(14)7-9/h3-4,7H,2,5-6,8,15H2,1H3.